The van der Waals surface area contributed by atoms with Gasteiger partial charge in [-0.2, -0.15) is 0 Å². The summed E-state index contributed by atoms with van der Waals surface area (Å²) in [7, 11) is 0. The molecular weight excluding hydrogens is 200 g/mol. The first-order valence-electron chi connectivity index (χ1n) is 3.35. The number of hydrogen-bond acceptors (Lipinski definition) is 2. The van der Waals surface area contributed by atoms with Crippen LogP contribution in [0.2, 0.25) is 0 Å². The van der Waals surface area contributed by atoms with Gasteiger partial charge in [0.15, 0.2) is 0 Å². The van der Waals surface area contributed by atoms with Crippen LogP contribution in [-0.2, 0) is 4.79 Å². The van der Waals surface area contributed by atoms with Crippen LogP contribution in [0.1, 0.15) is 19.3 Å². The van der Waals surface area contributed by atoms with Crippen LogP contribution in [0.4, 0.5) is 0 Å². The third kappa shape index (κ3) is 12.3. The van der Waals surface area contributed by atoms with E-state index in [1.807, 2.05) is 0 Å². The lowest BCUT2D eigenvalue weighted by Crippen LogP contribution is -3.00. The Balaban J connectivity index is 0. The minimum atomic E-state index is -0.750. The van der Waals surface area contributed by atoms with Crippen LogP contribution >= 0.6 is 11.8 Å². The first-order chi connectivity index (χ1) is 5.13. The van der Waals surface area contributed by atoms with E-state index in [2.05, 4.69) is 0 Å². The summed E-state index contributed by atoms with van der Waals surface area (Å²) in [5.41, 5.74) is 5.18. The summed E-state index contributed by atoms with van der Waals surface area (Å²) in [6.07, 6.45) is 1.76. The lowest BCUT2D eigenvalue weighted by atomic mass is 10.3. The predicted molar refractivity (Wildman–Crippen MR) is 45.1 cm³/mol. The number of amidine groups is 1. The van der Waals surface area contributed by atoms with Crippen molar-refractivity contribution in [2.45, 2.75) is 19.3 Å². The maximum atomic E-state index is 10.0. The number of hydrogen-bond donors (Lipinski definition) is 3. The molecular formula is C6H13ClN2O2S. The lowest BCUT2D eigenvalue weighted by Gasteiger charge is -1.93. The van der Waals surface area contributed by atoms with E-state index in [1.165, 1.54) is 11.8 Å². The largest absolute Gasteiger partial charge is 1.00 e. The molecule has 0 atom stereocenters. The van der Waals surface area contributed by atoms with E-state index in [9.17, 15) is 4.79 Å². The second-order valence-corrected chi connectivity index (χ2v) is 3.27. The molecule has 12 heavy (non-hydrogen) atoms. The number of thioether (sulfide) groups is 1. The van der Waals surface area contributed by atoms with Crippen molar-refractivity contribution in [1.82, 2.24) is 0 Å². The Bertz CT molecular complexity index is 138. The summed E-state index contributed by atoms with van der Waals surface area (Å²) in [6, 6.07) is 0. The number of carbonyl (C=O) groups is 1. The van der Waals surface area contributed by atoms with Gasteiger partial charge in [-0.25, -0.2) is 0 Å². The fraction of sp³-hybridized carbons (Fsp3) is 0.667. The van der Waals surface area contributed by atoms with Crippen LogP contribution in [0.15, 0.2) is 0 Å². The van der Waals surface area contributed by atoms with Gasteiger partial charge in [0.25, 0.3) is 5.17 Å². The average Bonchev–Trinajstić information content (AvgIpc) is 1.85. The van der Waals surface area contributed by atoms with Gasteiger partial charge < -0.3 is 17.5 Å². The van der Waals surface area contributed by atoms with Crippen molar-refractivity contribution >= 4 is 22.9 Å². The molecule has 0 aliphatic rings. The highest BCUT2D eigenvalue weighted by Gasteiger charge is 1.98. The highest BCUT2D eigenvalue weighted by Crippen LogP contribution is 2.03. The lowest BCUT2D eigenvalue weighted by molar-refractivity contribution is -0.137. The molecule has 0 aromatic carbocycles. The Labute approximate surface area is 81.8 Å². The van der Waals surface area contributed by atoms with Crippen LogP contribution in [0.3, 0.4) is 0 Å². The van der Waals surface area contributed by atoms with Crippen molar-refractivity contribution in [1.29, 1.82) is 0 Å². The molecule has 0 aromatic rings. The SMILES string of the molecule is NC(=[NH2+])SCCCCC(=O)O.[Cl-]. The monoisotopic (exact) mass is 212 g/mol. The van der Waals surface area contributed by atoms with Crippen molar-refractivity contribution in [3.63, 3.8) is 0 Å². The van der Waals surface area contributed by atoms with Crippen LogP contribution in [0.25, 0.3) is 0 Å². The van der Waals surface area contributed by atoms with E-state index in [-0.39, 0.29) is 18.8 Å². The summed E-state index contributed by atoms with van der Waals surface area (Å²) >= 11 is 1.36. The molecule has 4 nitrogen and oxygen atoms in total. The van der Waals surface area contributed by atoms with E-state index >= 15 is 0 Å². The smallest absolute Gasteiger partial charge is 0.303 e. The van der Waals surface area contributed by atoms with Gasteiger partial charge in [-0.15, -0.1) is 0 Å². The molecule has 0 saturated heterocycles. The zero-order valence-electron chi connectivity index (χ0n) is 6.62. The zero-order chi connectivity index (χ0) is 8.69. The Morgan fingerprint density at radius 2 is 2.08 bits per heavy atom. The number of nitrogens with two attached hydrogens (primary N) is 2. The van der Waals surface area contributed by atoms with Gasteiger partial charge in [0.1, 0.15) is 0 Å². The summed E-state index contributed by atoms with van der Waals surface area (Å²) in [4.78, 5) is 10.0. The first-order valence-corrected chi connectivity index (χ1v) is 4.34. The van der Waals surface area contributed by atoms with Gasteiger partial charge in [-0.05, 0) is 24.6 Å². The average molecular weight is 213 g/mol. The summed E-state index contributed by atoms with van der Waals surface area (Å²) < 4.78 is 0. The number of halogens is 1. The van der Waals surface area contributed by atoms with E-state index in [0.717, 1.165) is 12.2 Å². The summed E-state index contributed by atoms with van der Waals surface area (Å²) in [6.45, 7) is 0. The molecule has 0 aliphatic heterocycles. The fourth-order valence-electron chi connectivity index (χ4n) is 0.568. The molecule has 0 rings (SSSR count). The normalized spacial score (nSPS) is 8.67. The van der Waals surface area contributed by atoms with E-state index in [4.69, 9.17) is 16.2 Å². The van der Waals surface area contributed by atoms with Gasteiger partial charge >= 0.3 is 5.97 Å². The maximum Gasteiger partial charge on any atom is 0.303 e. The van der Waals surface area contributed by atoms with Crippen molar-refractivity contribution in [2.24, 2.45) is 5.73 Å². The molecule has 0 bridgehead atoms. The van der Waals surface area contributed by atoms with Gasteiger partial charge in [0.05, 0.1) is 0 Å². The summed E-state index contributed by atoms with van der Waals surface area (Å²) in [5, 5.41) is 13.8. The molecule has 0 unspecified atom stereocenters. The first kappa shape index (κ1) is 14.1. The number of aliphatic carboxylic acids is 1. The van der Waals surface area contributed by atoms with Gasteiger partial charge in [0, 0.05) is 12.2 Å². The Hall–Kier alpha value is -0.420. The van der Waals surface area contributed by atoms with Crippen LogP contribution in [0, 0.1) is 0 Å². The van der Waals surface area contributed by atoms with Crippen molar-refractivity contribution < 1.29 is 27.7 Å². The third-order valence-corrected chi connectivity index (χ3v) is 1.88. The quantitative estimate of drug-likeness (QED) is 0.247. The number of carboxylic acids is 1. The molecule has 0 aromatic heterocycles. The third-order valence-electron chi connectivity index (χ3n) is 1.05. The van der Waals surface area contributed by atoms with E-state index in [0.29, 0.717) is 11.6 Å². The van der Waals surface area contributed by atoms with Crippen LogP contribution in [-0.4, -0.2) is 22.0 Å². The standard InChI is InChI=1S/C6H12N2O2S.ClH/c7-6(8)11-4-2-1-3-5(9)10;/h1-4H2,(H3,7,8)(H,9,10);1H. The van der Waals surface area contributed by atoms with Crippen molar-refractivity contribution in [3.8, 4) is 0 Å². The highest BCUT2D eigenvalue weighted by molar-refractivity contribution is 8.13. The van der Waals surface area contributed by atoms with E-state index < -0.39 is 5.97 Å². The molecule has 72 valence electrons. The number of carboxylic acid groups (broad SMARTS) is 1. The number of unbranched alkanes of at least 4 members (excludes halogenated alkanes) is 1. The molecule has 0 heterocycles. The molecule has 0 spiro atoms. The van der Waals surface area contributed by atoms with Crippen molar-refractivity contribution in [2.75, 3.05) is 5.75 Å². The molecule has 6 heteroatoms. The van der Waals surface area contributed by atoms with E-state index in [1.54, 1.807) is 0 Å². The molecule has 0 amide bonds. The minimum absolute atomic E-state index is 0. The second kappa shape index (κ2) is 8.67. The topological polar surface area (TPSA) is 88.9 Å². The van der Waals surface area contributed by atoms with Crippen molar-refractivity contribution in [3.05, 3.63) is 0 Å². The zero-order valence-corrected chi connectivity index (χ0v) is 8.20. The second-order valence-electron chi connectivity index (χ2n) is 2.10. The molecule has 5 N–H and O–H groups in total. The maximum absolute atomic E-state index is 10.0. The predicted octanol–water partition coefficient (Wildman–Crippen LogP) is -3.95. The van der Waals surface area contributed by atoms with Crippen LogP contribution in [0.5, 0.6) is 0 Å². The molecule has 0 radical (unpaired) electrons. The van der Waals surface area contributed by atoms with Gasteiger partial charge in [0.2, 0.25) is 0 Å². The molecule has 0 fully saturated rings. The summed E-state index contributed by atoms with van der Waals surface area (Å²) in [5.74, 6) is 0.0509. The minimum Gasteiger partial charge on any atom is -1.00 e. The Morgan fingerprint density at radius 1 is 1.50 bits per heavy atom. The number of rotatable bonds is 5. The Kier molecular flexibility index (Phi) is 10.2. The highest BCUT2D eigenvalue weighted by atomic mass is 35.5. The fourth-order valence-corrected chi connectivity index (χ4v) is 1.15. The molecule has 0 saturated carbocycles. The molecule has 0 aliphatic carbocycles. The Morgan fingerprint density at radius 3 is 2.50 bits per heavy atom. The van der Waals surface area contributed by atoms with Crippen LogP contribution < -0.4 is 23.5 Å². The van der Waals surface area contributed by atoms with Gasteiger partial charge in [-0.3, -0.25) is 15.9 Å². The van der Waals surface area contributed by atoms with Gasteiger partial charge in [-0.1, -0.05) is 0 Å².